The Balaban J connectivity index is 1.51. The average molecular weight is 459 g/mol. The first-order valence-corrected chi connectivity index (χ1v) is 11.8. The van der Waals surface area contributed by atoms with E-state index in [0.29, 0.717) is 37.1 Å². The van der Waals surface area contributed by atoms with E-state index in [0.717, 1.165) is 46.4 Å². The summed E-state index contributed by atoms with van der Waals surface area (Å²) in [4.78, 5) is 30.5. The van der Waals surface area contributed by atoms with E-state index in [9.17, 15) is 4.79 Å². The topological polar surface area (TPSA) is 108 Å². The molecule has 3 N–H and O–H groups in total. The molecule has 2 aromatic heterocycles. The first kappa shape index (κ1) is 22.3. The molecule has 3 aromatic rings. The van der Waals surface area contributed by atoms with Gasteiger partial charge >= 0.3 is 0 Å². The zero-order valence-corrected chi connectivity index (χ0v) is 19.4. The third-order valence-electron chi connectivity index (χ3n) is 6.71. The zero-order valence-electron chi connectivity index (χ0n) is 19.4. The van der Waals surface area contributed by atoms with E-state index in [1.165, 1.54) is 0 Å². The van der Waals surface area contributed by atoms with Crippen LogP contribution in [0.5, 0.6) is 0 Å². The number of benzene rings is 1. The molecule has 5 rings (SSSR count). The molecular weight excluding hydrogens is 428 g/mol. The number of amides is 1. The Bertz CT molecular complexity index is 1260. The quantitative estimate of drug-likeness (QED) is 0.584. The maximum Gasteiger partial charge on any atom is 0.225 e. The highest BCUT2D eigenvalue weighted by molar-refractivity contribution is 5.96. The number of rotatable bonds is 6. The molecule has 1 atom stereocenters. The van der Waals surface area contributed by atoms with Crippen molar-refractivity contribution in [1.82, 2.24) is 19.9 Å². The summed E-state index contributed by atoms with van der Waals surface area (Å²) < 4.78 is 0. The lowest BCUT2D eigenvalue weighted by molar-refractivity contribution is -0.134. The number of nitrogens with zero attached hydrogens (tertiary/aromatic N) is 5. The molecule has 176 valence electrons. The van der Waals surface area contributed by atoms with Crippen LogP contribution in [-0.4, -0.2) is 63.1 Å². The van der Waals surface area contributed by atoms with E-state index in [-0.39, 0.29) is 25.0 Å². The normalized spacial score (nSPS) is 18.4. The van der Waals surface area contributed by atoms with Crippen molar-refractivity contribution in [3.63, 3.8) is 0 Å². The molecular formula is C26H30N6O2. The van der Waals surface area contributed by atoms with Crippen molar-refractivity contribution in [3.05, 3.63) is 48.6 Å². The van der Waals surface area contributed by atoms with E-state index >= 15 is 0 Å². The van der Waals surface area contributed by atoms with Crippen molar-refractivity contribution < 1.29 is 9.90 Å². The van der Waals surface area contributed by atoms with Gasteiger partial charge in [0.05, 0.1) is 23.5 Å². The van der Waals surface area contributed by atoms with Crippen LogP contribution in [0, 0.1) is 0 Å². The molecule has 2 aliphatic rings. The summed E-state index contributed by atoms with van der Waals surface area (Å²) in [6.07, 6.45) is 5.89. The summed E-state index contributed by atoms with van der Waals surface area (Å²) in [6, 6.07) is 8.12. The highest BCUT2D eigenvalue weighted by Crippen LogP contribution is 2.46. The Morgan fingerprint density at radius 1 is 1.26 bits per heavy atom. The predicted molar refractivity (Wildman–Crippen MR) is 134 cm³/mol. The van der Waals surface area contributed by atoms with Gasteiger partial charge in [-0.3, -0.25) is 4.79 Å². The number of pyridine rings is 1. The summed E-state index contributed by atoms with van der Waals surface area (Å²) >= 11 is 0. The number of fused-ring (bicyclic) bond motifs is 1. The number of nitrogen functional groups attached to an aromatic ring is 1. The third kappa shape index (κ3) is 4.09. The molecule has 1 aliphatic heterocycles. The molecule has 0 bridgehead atoms. The van der Waals surface area contributed by atoms with Gasteiger partial charge in [-0.1, -0.05) is 18.7 Å². The molecule has 2 fully saturated rings. The van der Waals surface area contributed by atoms with E-state index in [1.807, 2.05) is 36.2 Å². The van der Waals surface area contributed by atoms with Crippen molar-refractivity contribution in [2.75, 3.05) is 36.9 Å². The highest BCUT2D eigenvalue weighted by atomic mass is 16.3. The van der Waals surface area contributed by atoms with Gasteiger partial charge in [0.15, 0.2) is 11.6 Å². The van der Waals surface area contributed by atoms with Gasteiger partial charge in [-0.25, -0.2) is 15.0 Å². The lowest BCUT2D eigenvalue weighted by atomic mass is 9.97. The number of carbonyl (C=O) groups excluding carboxylic acids is 1. The third-order valence-corrected chi connectivity index (χ3v) is 6.71. The molecule has 8 heteroatoms. The summed E-state index contributed by atoms with van der Waals surface area (Å²) in [5.74, 6) is 1.80. The Morgan fingerprint density at radius 3 is 2.79 bits per heavy atom. The molecule has 1 saturated heterocycles. The number of aliphatic hydroxyl groups excluding tert-OH is 1. The maximum absolute atomic E-state index is 12.3. The largest absolute Gasteiger partial charge is 0.396 e. The Hall–Kier alpha value is -3.52. The number of hydrogen-bond acceptors (Lipinski definition) is 7. The first-order chi connectivity index (χ1) is 16.5. The molecule has 8 nitrogen and oxygen atoms in total. The van der Waals surface area contributed by atoms with Crippen LogP contribution in [0.25, 0.3) is 28.1 Å². The first-order valence-electron chi connectivity index (χ1n) is 11.8. The Kier molecular flexibility index (Phi) is 5.91. The fourth-order valence-electron chi connectivity index (χ4n) is 4.83. The van der Waals surface area contributed by atoms with Crippen LogP contribution in [-0.2, 0) is 4.79 Å². The molecule has 3 heterocycles. The standard InChI is InChI=1S/C26H30N6O2/c1-3-23-28-14-20-18(5-4-6-22(20)29-23)19-13-21(27)26(30-25(19)17-7-8-17)31-10-11-32(16(2)15-31)24(34)9-12-33/h3-6,13-14,16-17,33H,1,7-12,15,27H2,2H3/t16-/m1/s1. The smallest absolute Gasteiger partial charge is 0.225 e. The fraction of sp³-hybridized carbons (Fsp3) is 0.385. The summed E-state index contributed by atoms with van der Waals surface area (Å²) in [5.41, 5.74) is 11.2. The number of anilines is 2. The number of aromatic nitrogens is 3. The second kappa shape index (κ2) is 9.02. The van der Waals surface area contributed by atoms with Gasteiger partial charge in [0.1, 0.15) is 0 Å². The van der Waals surface area contributed by atoms with Gasteiger partial charge in [0.25, 0.3) is 0 Å². The van der Waals surface area contributed by atoms with E-state index in [2.05, 4.69) is 27.5 Å². The number of aliphatic hydroxyl groups is 1. The van der Waals surface area contributed by atoms with Crippen LogP contribution >= 0.6 is 0 Å². The monoisotopic (exact) mass is 458 g/mol. The molecule has 34 heavy (non-hydrogen) atoms. The molecule has 1 aliphatic carbocycles. The molecule has 0 spiro atoms. The maximum atomic E-state index is 12.3. The summed E-state index contributed by atoms with van der Waals surface area (Å²) in [7, 11) is 0. The summed E-state index contributed by atoms with van der Waals surface area (Å²) in [6.45, 7) is 7.58. The van der Waals surface area contributed by atoms with Crippen molar-refractivity contribution >= 4 is 34.4 Å². The van der Waals surface area contributed by atoms with Crippen LogP contribution < -0.4 is 10.6 Å². The fourth-order valence-corrected chi connectivity index (χ4v) is 4.83. The second-order valence-corrected chi connectivity index (χ2v) is 9.13. The lowest BCUT2D eigenvalue weighted by Gasteiger charge is -2.41. The minimum atomic E-state index is -0.124. The van der Waals surface area contributed by atoms with Crippen LogP contribution in [0.2, 0.25) is 0 Å². The second-order valence-electron chi connectivity index (χ2n) is 9.13. The molecule has 1 amide bonds. The van der Waals surface area contributed by atoms with Crippen LogP contribution in [0.4, 0.5) is 11.5 Å². The summed E-state index contributed by atoms with van der Waals surface area (Å²) in [5, 5.41) is 10.1. The van der Waals surface area contributed by atoms with Crippen molar-refractivity contribution in [2.24, 2.45) is 0 Å². The van der Waals surface area contributed by atoms with Gasteiger partial charge in [-0.05, 0) is 43.5 Å². The number of piperazine rings is 1. The predicted octanol–water partition coefficient (Wildman–Crippen LogP) is 3.21. The highest BCUT2D eigenvalue weighted by Gasteiger charge is 2.33. The number of hydrogen-bond donors (Lipinski definition) is 2. The minimum absolute atomic E-state index is 0.0117. The van der Waals surface area contributed by atoms with Crippen LogP contribution in [0.1, 0.15) is 43.6 Å². The number of nitrogens with two attached hydrogens (primary N) is 1. The average Bonchev–Trinajstić information content (AvgIpc) is 3.68. The molecule has 1 saturated carbocycles. The van der Waals surface area contributed by atoms with Crippen LogP contribution in [0.15, 0.2) is 37.0 Å². The number of carbonyl (C=O) groups is 1. The molecule has 0 radical (unpaired) electrons. The van der Waals surface area contributed by atoms with Gasteiger partial charge in [-0.15, -0.1) is 0 Å². The minimum Gasteiger partial charge on any atom is -0.396 e. The Labute approximate surface area is 199 Å². The van der Waals surface area contributed by atoms with Crippen LogP contribution in [0.3, 0.4) is 0 Å². The SMILES string of the molecule is C=Cc1ncc2c(-c3cc(N)c(N4CCN(C(=O)CCO)[C@H](C)C4)nc3C3CC3)cccc2n1. The van der Waals surface area contributed by atoms with E-state index in [4.69, 9.17) is 15.8 Å². The van der Waals surface area contributed by atoms with Gasteiger partial charge in [0, 0.05) is 55.2 Å². The zero-order chi connectivity index (χ0) is 23.8. The van der Waals surface area contributed by atoms with E-state index < -0.39 is 0 Å². The van der Waals surface area contributed by atoms with Crippen molar-refractivity contribution in [2.45, 2.75) is 38.1 Å². The Morgan fingerprint density at radius 2 is 2.09 bits per heavy atom. The van der Waals surface area contributed by atoms with E-state index in [1.54, 1.807) is 6.08 Å². The lowest BCUT2D eigenvalue weighted by Crippen LogP contribution is -2.54. The van der Waals surface area contributed by atoms with Gasteiger partial charge in [-0.2, -0.15) is 0 Å². The van der Waals surface area contributed by atoms with Gasteiger partial charge < -0.3 is 20.6 Å². The van der Waals surface area contributed by atoms with Gasteiger partial charge in [0.2, 0.25) is 5.91 Å². The molecule has 1 aromatic carbocycles. The van der Waals surface area contributed by atoms with Crippen molar-refractivity contribution in [3.8, 4) is 11.1 Å². The van der Waals surface area contributed by atoms with Crippen molar-refractivity contribution in [1.29, 1.82) is 0 Å². The molecule has 0 unspecified atom stereocenters.